The van der Waals surface area contributed by atoms with Crippen molar-refractivity contribution in [2.45, 2.75) is 26.2 Å². The van der Waals surface area contributed by atoms with Crippen molar-refractivity contribution in [3.8, 4) is 0 Å². The van der Waals surface area contributed by atoms with E-state index in [4.69, 9.17) is 11.6 Å². The molecule has 2 rings (SSSR count). The van der Waals surface area contributed by atoms with Crippen LogP contribution in [0.3, 0.4) is 0 Å². The van der Waals surface area contributed by atoms with Crippen molar-refractivity contribution < 1.29 is 0 Å². The van der Waals surface area contributed by atoms with Gasteiger partial charge < -0.3 is 4.90 Å². The van der Waals surface area contributed by atoms with Crippen LogP contribution in [0.2, 0.25) is 5.15 Å². The Kier molecular flexibility index (Phi) is 3.23. The lowest BCUT2D eigenvalue weighted by Crippen LogP contribution is -2.20. The summed E-state index contributed by atoms with van der Waals surface area (Å²) < 4.78 is 8.20. The first kappa shape index (κ1) is 10.2. The summed E-state index contributed by atoms with van der Waals surface area (Å²) in [5, 5.41) is 0.562. The fourth-order valence-corrected chi connectivity index (χ4v) is 2.81. The number of hydrogen-bond donors (Lipinski definition) is 0. The maximum absolute atomic E-state index is 5.94. The molecule has 0 aliphatic carbocycles. The molecular weight excluding hydrogens is 218 g/mol. The molecule has 1 atom stereocenters. The Morgan fingerprint density at radius 1 is 1.57 bits per heavy atom. The SMILES string of the molecule is CCCC1CCN(c2nsnc2Cl)C1. The van der Waals surface area contributed by atoms with E-state index < -0.39 is 0 Å². The van der Waals surface area contributed by atoms with Crippen LogP contribution in [0, 0.1) is 5.92 Å². The number of halogens is 1. The zero-order valence-electron chi connectivity index (χ0n) is 8.24. The molecule has 5 heteroatoms. The molecule has 1 aromatic rings. The van der Waals surface area contributed by atoms with Crippen LogP contribution in [0.5, 0.6) is 0 Å². The van der Waals surface area contributed by atoms with Gasteiger partial charge in [-0.15, -0.1) is 0 Å². The van der Waals surface area contributed by atoms with Gasteiger partial charge in [-0.25, -0.2) is 0 Å². The van der Waals surface area contributed by atoms with Gasteiger partial charge >= 0.3 is 0 Å². The molecule has 2 heterocycles. The second-order valence-corrected chi connectivity index (χ2v) is 4.65. The van der Waals surface area contributed by atoms with E-state index in [9.17, 15) is 0 Å². The topological polar surface area (TPSA) is 29.0 Å². The van der Waals surface area contributed by atoms with Gasteiger partial charge in [-0.05, 0) is 18.8 Å². The summed E-state index contributed by atoms with van der Waals surface area (Å²) in [4.78, 5) is 2.26. The van der Waals surface area contributed by atoms with Crippen molar-refractivity contribution in [2.75, 3.05) is 18.0 Å². The molecule has 0 amide bonds. The quantitative estimate of drug-likeness (QED) is 0.801. The van der Waals surface area contributed by atoms with E-state index in [0.717, 1.165) is 24.8 Å². The standard InChI is InChI=1S/C9H14ClN3S/c1-2-3-7-4-5-13(6-7)9-8(10)11-14-12-9/h7H,2-6H2,1H3. The van der Waals surface area contributed by atoms with Gasteiger partial charge in [0.1, 0.15) is 0 Å². The van der Waals surface area contributed by atoms with Crippen molar-refractivity contribution in [1.29, 1.82) is 0 Å². The minimum atomic E-state index is 0.562. The summed E-state index contributed by atoms with van der Waals surface area (Å²) in [6.45, 7) is 4.41. The monoisotopic (exact) mass is 231 g/mol. The minimum Gasteiger partial charge on any atom is -0.353 e. The molecule has 1 fully saturated rings. The Bertz CT molecular complexity index is 302. The number of anilines is 1. The molecule has 1 saturated heterocycles. The molecular formula is C9H14ClN3S. The van der Waals surface area contributed by atoms with Crippen LogP contribution < -0.4 is 4.90 Å². The molecule has 1 aromatic heterocycles. The molecule has 0 saturated carbocycles. The van der Waals surface area contributed by atoms with Crippen LogP contribution >= 0.6 is 23.3 Å². The van der Waals surface area contributed by atoms with Gasteiger partial charge in [0.25, 0.3) is 0 Å². The van der Waals surface area contributed by atoms with E-state index in [2.05, 4.69) is 20.6 Å². The summed E-state index contributed by atoms with van der Waals surface area (Å²) in [7, 11) is 0. The van der Waals surface area contributed by atoms with Gasteiger partial charge in [-0.2, -0.15) is 8.75 Å². The van der Waals surface area contributed by atoms with Crippen LogP contribution in [0.15, 0.2) is 0 Å². The first-order chi connectivity index (χ1) is 6.81. The zero-order valence-corrected chi connectivity index (χ0v) is 9.81. The molecule has 1 aliphatic rings. The maximum Gasteiger partial charge on any atom is 0.187 e. The molecule has 78 valence electrons. The highest BCUT2D eigenvalue weighted by molar-refractivity contribution is 6.99. The van der Waals surface area contributed by atoms with Gasteiger partial charge in [0.15, 0.2) is 11.0 Å². The summed E-state index contributed by atoms with van der Waals surface area (Å²) in [5.41, 5.74) is 0. The molecule has 1 unspecified atom stereocenters. The Labute approximate surface area is 93.4 Å². The van der Waals surface area contributed by atoms with Crippen LogP contribution in [0.25, 0.3) is 0 Å². The second-order valence-electron chi connectivity index (χ2n) is 3.77. The lowest BCUT2D eigenvalue weighted by atomic mass is 10.0. The summed E-state index contributed by atoms with van der Waals surface area (Å²) >= 11 is 7.13. The summed E-state index contributed by atoms with van der Waals surface area (Å²) in [6, 6.07) is 0. The second kappa shape index (κ2) is 4.45. The average molecular weight is 232 g/mol. The third-order valence-corrected chi connectivity index (χ3v) is 3.59. The van der Waals surface area contributed by atoms with Crippen molar-refractivity contribution >= 4 is 29.1 Å². The third-order valence-electron chi connectivity index (χ3n) is 2.72. The van der Waals surface area contributed by atoms with E-state index in [0.29, 0.717) is 5.15 Å². The van der Waals surface area contributed by atoms with Gasteiger partial charge in [0.2, 0.25) is 0 Å². The number of hydrogen-bond acceptors (Lipinski definition) is 4. The molecule has 0 radical (unpaired) electrons. The van der Waals surface area contributed by atoms with Crippen LogP contribution in [0.1, 0.15) is 26.2 Å². The Balaban J connectivity index is 1.99. The highest BCUT2D eigenvalue weighted by Crippen LogP contribution is 2.29. The van der Waals surface area contributed by atoms with E-state index >= 15 is 0 Å². The van der Waals surface area contributed by atoms with E-state index in [1.165, 1.54) is 31.0 Å². The Hall–Kier alpha value is -0.350. The molecule has 0 aromatic carbocycles. The third kappa shape index (κ3) is 2.01. The van der Waals surface area contributed by atoms with Gasteiger partial charge in [0.05, 0.1) is 11.7 Å². The fourth-order valence-electron chi connectivity index (χ4n) is 2.03. The fraction of sp³-hybridized carbons (Fsp3) is 0.778. The lowest BCUT2D eigenvalue weighted by Gasteiger charge is -2.14. The van der Waals surface area contributed by atoms with Gasteiger partial charge in [0, 0.05) is 13.1 Å². The van der Waals surface area contributed by atoms with Crippen molar-refractivity contribution in [2.24, 2.45) is 5.92 Å². The summed E-state index contributed by atoms with van der Waals surface area (Å²) in [6.07, 6.45) is 3.84. The Morgan fingerprint density at radius 3 is 3.07 bits per heavy atom. The highest BCUT2D eigenvalue weighted by atomic mass is 35.5. The normalized spacial score (nSPS) is 21.9. The largest absolute Gasteiger partial charge is 0.353 e. The van der Waals surface area contributed by atoms with Gasteiger partial charge in [-0.3, -0.25) is 0 Å². The lowest BCUT2D eigenvalue weighted by molar-refractivity contribution is 0.529. The minimum absolute atomic E-state index is 0.562. The number of rotatable bonds is 3. The van der Waals surface area contributed by atoms with E-state index in [-0.39, 0.29) is 0 Å². The average Bonchev–Trinajstić information content (AvgIpc) is 2.74. The van der Waals surface area contributed by atoms with Crippen molar-refractivity contribution in [3.05, 3.63) is 5.15 Å². The van der Waals surface area contributed by atoms with Crippen molar-refractivity contribution in [1.82, 2.24) is 8.75 Å². The van der Waals surface area contributed by atoms with Crippen LogP contribution in [-0.2, 0) is 0 Å². The molecule has 1 aliphatic heterocycles. The van der Waals surface area contributed by atoms with Gasteiger partial charge in [-0.1, -0.05) is 24.9 Å². The molecule has 3 nitrogen and oxygen atoms in total. The predicted octanol–water partition coefficient (Wildman–Crippen LogP) is 2.82. The first-order valence-electron chi connectivity index (χ1n) is 5.04. The molecule has 0 bridgehead atoms. The summed E-state index contributed by atoms with van der Waals surface area (Å²) in [5.74, 6) is 1.70. The number of nitrogens with zero attached hydrogens (tertiary/aromatic N) is 3. The molecule has 0 N–H and O–H groups in total. The predicted molar refractivity (Wildman–Crippen MR) is 60.1 cm³/mol. The molecule has 14 heavy (non-hydrogen) atoms. The maximum atomic E-state index is 5.94. The number of aromatic nitrogens is 2. The Morgan fingerprint density at radius 2 is 2.43 bits per heavy atom. The first-order valence-corrected chi connectivity index (χ1v) is 6.15. The van der Waals surface area contributed by atoms with E-state index in [1.807, 2.05) is 0 Å². The van der Waals surface area contributed by atoms with E-state index in [1.54, 1.807) is 0 Å². The van der Waals surface area contributed by atoms with Crippen molar-refractivity contribution in [3.63, 3.8) is 0 Å². The van der Waals surface area contributed by atoms with Crippen LogP contribution in [0.4, 0.5) is 5.82 Å². The smallest absolute Gasteiger partial charge is 0.187 e. The zero-order chi connectivity index (χ0) is 9.97. The van der Waals surface area contributed by atoms with Crippen LogP contribution in [-0.4, -0.2) is 21.8 Å². The highest BCUT2D eigenvalue weighted by Gasteiger charge is 2.25. The molecule has 0 spiro atoms.